The van der Waals surface area contributed by atoms with Gasteiger partial charge in [-0.1, -0.05) is 31.4 Å². The predicted octanol–water partition coefficient (Wildman–Crippen LogP) is 3.84. The molecule has 3 heterocycles. The standard InChI is InChI=1S/C25H35N3O4S/c29-24(20-26-19-23(25-12-9-17-32-25)27-13-4-3-5-14-27)21-10-8-11-22(18-21)33(30,31)28-15-6-1-2-7-16-28/h8-12,17-18,23,26H,1-7,13-16,19-20H2. The van der Waals surface area contributed by atoms with Crippen LogP contribution in [-0.4, -0.2) is 62.7 Å². The molecule has 0 spiro atoms. The van der Waals surface area contributed by atoms with Crippen LogP contribution in [-0.2, 0) is 10.0 Å². The van der Waals surface area contributed by atoms with Gasteiger partial charge < -0.3 is 9.73 Å². The molecule has 0 saturated carbocycles. The lowest BCUT2D eigenvalue weighted by Crippen LogP contribution is -2.40. The molecule has 1 aromatic heterocycles. The predicted molar refractivity (Wildman–Crippen MR) is 128 cm³/mol. The Morgan fingerprint density at radius 3 is 2.33 bits per heavy atom. The fourth-order valence-corrected chi connectivity index (χ4v) is 6.37. The van der Waals surface area contributed by atoms with Gasteiger partial charge >= 0.3 is 0 Å². The number of sulfonamides is 1. The maximum Gasteiger partial charge on any atom is 0.243 e. The number of rotatable bonds is 9. The van der Waals surface area contributed by atoms with Crippen molar-refractivity contribution in [2.75, 3.05) is 39.3 Å². The van der Waals surface area contributed by atoms with Crippen LogP contribution < -0.4 is 5.32 Å². The fourth-order valence-electron chi connectivity index (χ4n) is 4.81. The lowest BCUT2D eigenvalue weighted by Gasteiger charge is -2.33. The van der Waals surface area contributed by atoms with E-state index in [1.165, 1.54) is 25.3 Å². The summed E-state index contributed by atoms with van der Waals surface area (Å²) in [5.41, 5.74) is 0.422. The quantitative estimate of drug-likeness (QED) is 0.557. The van der Waals surface area contributed by atoms with Crippen molar-refractivity contribution in [3.63, 3.8) is 0 Å². The van der Waals surface area contributed by atoms with Crippen LogP contribution in [0.3, 0.4) is 0 Å². The molecule has 2 aliphatic heterocycles. The maximum absolute atomic E-state index is 13.1. The van der Waals surface area contributed by atoms with E-state index in [2.05, 4.69) is 10.2 Å². The highest BCUT2D eigenvalue weighted by Crippen LogP contribution is 2.25. The van der Waals surface area contributed by atoms with Crippen molar-refractivity contribution >= 4 is 15.8 Å². The van der Waals surface area contributed by atoms with Gasteiger partial charge in [-0.25, -0.2) is 8.42 Å². The highest BCUT2D eigenvalue weighted by atomic mass is 32.2. The Bertz CT molecular complexity index is 992. The van der Waals surface area contributed by atoms with Crippen LogP contribution in [0, 0.1) is 0 Å². The van der Waals surface area contributed by atoms with Crippen molar-refractivity contribution < 1.29 is 17.6 Å². The average Bonchev–Trinajstić information content (AvgIpc) is 3.23. The number of benzene rings is 1. The number of piperidine rings is 1. The average molecular weight is 474 g/mol. The van der Waals surface area contributed by atoms with E-state index in [4.69, 9.17) is 4.42 Å². The third-order valence-electron chi connectivity index (χ3n) is 6.69. The first kappa shape index (κ1) is 24.1. The number of Topliss-reactive ketones (excluding diaryl/α,β-unsaturated/α-hetero) is 1. The van der Waals surface area contributed by atoms with Crippen LogP contribution in [0.15, 0.2) is 52.0 Å². The molecule has 2 aliphatic rings. The monoisotopic (exact) mass is 473 g/mol. The normalized spacial score (nSPS) is 19.8. The number of carbonyl (C=O) groups is 1. The van der Waals surface area contributed by atoms with Crippen LogP contribution in [0.4, 0.5) is 0 Å². The van der Waals surface area contributed by atoms with E-state index < -0.39 is 10.0 Å². The Hall–Kier alpha value is -2.00. The molecule has 1 atom stereocenters. The molecule has 0 amide bonds. The molecule has 2 aromatic rings. The zero-order valence-electron chi connectivity index (χ0n) is 19.2. The number of ketones is 1. The number of nitrogens with zero attached hydrogens (tertiary/aromatic N) is 2. The Morgan fingerprint density at radius 2 is 1.64 bits per heavy atom. The number of carbonyl (C=O) groups excluding carboxylic acids is 1. The first-order valence-corrected chi connectivity index (χ1v) is 13.6. The first-order valence-electron chi connectivity index (χ1n) is 12.2. The molecule has 1 aromatic carbocycles. The van der Waals surface area contributed by atoms with Crippen molar-refractivity contribution in [1.82, 2.24) is 14.5 Å². The third kappa shape index (κ3) is 6.12. The smallest absolute Gasteiger partial charge is 0.243 e. The summed E-state index contributed by atoms with van der Waals surface area (Å²) in [6.07, 6.45) is 9.19. The molecule has 0 aliphatic carbocycles. The zero-order chi connectivity index (χ0) is 23.1. The van der Waals surface area contributed by atoms with E-state index in [9.17, 15) is 13.2 Å². The van der Waals surface area contributed by atoms with Gasteiger partial charge in [0.05, 0.1) is 23.7 Å². The van der Waals surface area contributed by atoms with Crippen molar-refractivity contribution in [1.29, 1.82) is 0 Å². The molecule has 2 saturated heterocycles. The Kier molecular flexibility index (Phi) is 8.35. The highest BCUT2D eigenvalue weighted by Gasteiger charge is 2.27. The van der Waals surface area contributed by atoms with Gasteiger partial charge in [-0.15, -0.1) is 0 Å². The summed E-state index contributed by atoms with van der Waals surface area (Å²) in [4.78, 5) is 15.5. The Morgan fingerprint density at radius 1 is 0.939 bits per heavy atom. The molecule has 0 bridgehead atoms. The van der Waals surface area contributed by atoms with Crippen LogP contribution in [0.25, 0.3) is 0 Å². The van der Waals surface area contributed by atoms with Crippen LogP contribution in [0.5, 0.6) is 0 Å². The van der Waals surface area contributed by atoms with Crippen molar-refractivity contribution in [3.8, 4) is 0 Å². The molecule has 8 heteroatoms. The molecule has 0 radical (unpaired) electrons. The van der Waals surface area contributed by atoms with Gasteiger partial charge in [-0.2, -0.15) is 4.31 Å². The topological polar surface area (TPSA) is 82.9 Å². The highest BCUT2D eigenvalue weighted by molar-refractivity contribution is 7.89. The Labute approximate surface area is 197 Å². The lowest BCUT2D eigenvalue weighted by molar-refractivity contribution is 0.0979. The maximum atomic E-state index is 13.1. The second kappa shape index (κ2) is 11.4. The minimum Gasteiger partial charge on any atom is -0.468 e. The number of hydrogen-bond donors (Lipinski definition) is 1. The SMILES string of the molecule is O=C(CNCC(c1ccco1)N1CCCCC1)c1cccc(S(=O)(=O)N2CCCCCC2)c1. The molecule has 180 valence electrons. The number of likely N-dealkylation sites (tertiary alicyclic amines) is 1. The van der Waals surface area contributed by atoms with E-state index in [1.807, 2.05) is 12.1 Å². The van der Waals surface area contributed by atoms with Crippen LogP contribution in [0.2, 0.25) is 0 Å². The van der Waals surface area contributed by atoms with E-state index >= 15 is 0 Å². The minimum absolute atomic E-state index is 0.0860. The summed E-state index contributed by atoms with van der Waals surface area (Å²) in [6.45, 7) is 3.90. The molecule has 2 fully saturated rings. The van der Waals surface area contributed by atoms with Gasteiger partial charge in [0.2, 0.25) is 10.0 Å². The largest absolute Gasteiger partial charge is 0.468 e. The van der Waals surface area contributed by atoms with Crippen molar-refractivity contribution in [2.24, 2.45) is 0 Å². The molecule has 1 unspecified atom stereocenters. The van der Waals surface area contributed by atoms with Gasteiger partial charge in [0.1, 0.15) is 5.76 Å². The van der Waals surface area contributed by atoms with E-state index in [0.29, 0.717) is 25.2 Å². The van der Waals surface area contributed by atoms with Crippen molar-refractivity contribution in [3.05, 3.63) is 54.0 Å². The third-order valence-corrected chi connectivity index (χ3v) is 8.58. The minimum atomic E-state index is -3.58. The molecule has 1 N–H and O–H groups in total. The Balaban J connectivity index is 1.39. The second-order valence-electron chi connectivity index (χ2n) is 9.03. The molecule has 4 rings (SSSR count). The van der Waals surface area contributed by atoms with Gasteiger partial charge in [0, 0.05) is 25.2 Å². The summed E-state index contributed by atoms with van der Waals surface area (Å²) in [6, 6.07) is 10.4. The second-order valence-corrected chi connectivity index (χ2v) is 11.0. The van der Waals surface area contributed by atoms with Crippen LogP contribution in [0.1, 0.15) is 67.1 Å². The molecule has 33 heavy (non-hydrogen) atoms. The van der Waals surface area contributed by atoms with Gasteiger partial charge in [0.25, 0.3) is 0 Å². The zero-order valence-corrected chi connectivity index (χ0v) is 20.1. The summed E-state index contributed by atoms with van der Waals surface area (Å²) >= 11 is 0. The molecule has 7 nitrogen and oxygen atoms in total. The summed E-state index contributed by atoms with van der Waals surface area (Å²) in [5.74, 6) is 0.794. The summed E-state index contributed by atoms with van der Waals surface area (Å²) < 4.78 is 33.5. The van der Waals surface area contributed by atoms with Crippen LogP contribution >= 0.6 is 0 Å². The number of furan rings is 1. The molecular formula is C25H35N3O4S. The van der Waals surface area contributed by atoms with E-state index in [0.717, 1.165) is 44.5 Å². The lowest BCUT2D eigenvalue weighted by atomic mass is 10.1. The number of nitrogens with one attached hydrogen (secondary N) is 1. The fraction of sp³-hybridized carbons (Fsp3) is 0.560. The van der Waals surface area contributed by atoms with Gasteiger partial charge in [0.15, 0.2) is 5.78 Å². The van der Waals surface area contributed by atoms with Crippen molar-refractivity contribution in [2.45, 2.75) is 55.9 Å². The van der Waals surface area contributed by atoms with E-state index in [1.54, 1.807) is 28.8 Å². The summed E-state index contributed by atoms with van der Waals surface area (Å²) in [7, 11) is -3.58. The van der Waals surface area contributed by atoms with Gasteiger partial charge in [-0.05, 0) is 63.0 Å². The van der Waals surface area contributed by atoms with E-state index in [-0.39, 0.29) is 23.3 Å². The van der Waals surface area contributed by atoms with Gasteiger partial charge in [-0.3, -0.25) is 9.69 Å². The first-order chi connectivity index (χ1) is 16.1. The summed E-state index contributed by atoms with van der Waals surface area (Å²) in [5, 5.41) is 3.29. The molecular weight excluding hydrogens is 438 g/mol. The number of hydrogen-bond acceptors (Lipinski definition) is 6.